The third-order valence-corrected chi connectivity index (χ3v) is 19.7. The van der Waals surface area contributed by atoms with Crippen LogP contribution in [0.3, 0.4) is 0 Å². The number of hydrogen-bond acceptors (Lipinski definition) is 15. The maximum atomic E-state index is 12.9. The average Bonchev–Trinajstić information content (AvgIpc) is 2.00. The molecule has 5 fully saturated rings. The molecular weight excluding hydrogens is 1310 g/mol. The number of hydrogen-bond donors (Lipinski definition) is 0. The van der Waals surface area contributed by atoms with E-state index < -0.39 is 9.93 Å². The molecule has 482 valence electrons. The van der Waals surface area contributed by atoms with Crippen molar-refractivity contribution in [1.29, 1.82) is 0 Å². The summed E-state index contributed by atoms with van der Waals surface area (Å²) in [5.74, 6) is 6.80. The molecule has 0 bridgehead atoms. The SMILES string of the molecule is CCOC(=O)C1CC12CCC(c1ccnc3cc4c(cc13)OCCO4)CC2.CCOC(=O)C=C1CCC(c2ccnc3cc4c(cc23)OCCO4)CC1.C[S+](C)(C)=O.O=C(Cc1ccc(Cl)cc1)C1CC12CCC(c1ccnc3cc4c(cc13)OCCO4)CC2.[I-]. The number of allylic oxidation sites excluding steroid dienone is 1. The van der Waals surface area contributed by atoms with E-state index >= 15 is 0 Å². The predicted molar refractivity (Wildman–Crippen MR) is 350 cm³/mol. The summed E-state index contributed by atoms with van der Waals surface area (Å²) in [5.41, 5.74) is 9.58. The lowest BCUT2D eigenvalue weighted by atomic mass is 9.74. The van der Waals surface area contributed by atoms with Crippen molar-refractivity contribution >= 4 is 72.0 Å². The summed E-state index contributed by atoms with van der Waals surface area (Å²) in [6.45, 7) is 8.13. The first-order valence-corrected chi connectivity index (χ1v) is 35.5. The molecule has 0 radical (unpaired) electrons. The highest BCUT2D eigenvalue weighted by molar-refractivity contribution is 8.00. The molecule has 5 saturated carbocycles. The number of ether oxygens (including phenoxy) is 8. The average molecular weight is 1390 g/mol. The van der Waals surface area contributed by atoms with E-state index in [1.165, 1.54) is 33.0 Å². The summed E-state index contributed by atoms with van der Waals surface area (Å²) < 4.78 is 54.9. The summed E-state index contributed by atoms with van der Waals surface area (Å²) in [6.07, 6.45) is 27.9. The van der Waals surface area contributed by atoms with Gasteiger partial charge in [-0.2, -0.15) is 0 Å². The Morgan fingerprint density at radius 2 is 0.901 bits per heavy atom. The van der Waals surface area contributed by atoms with Crippen LogP contribution >= 0.6 is 11.6 Å². The highest BCUT2D eigenvalue weighted by atomic mass is 127. The molecule has 3 aromatic heterocycles. The van der Waals surface area contributed by atoms with E-state index in [1.54, 1.807) is 24.8 Å². The van der Waals surface area contributed by atoms with Crippen LogP contribution in [-0.4, -0.2) is 104 Å². The molecule has 15 nitrogen and oxygen atoms in total. The van der Waals surface area contributed by atoms with Crippen molar-refractivity contribution in [1.82, 2.24) is 15.0 Å². The van der Waals surface area contributed by atoms with E-state index in [9.17, 15) is 18.6 Å². The second-order valence-corrected chi connectivity index (χ2v) is 30.0. The number of aromatic nitrogens is 3. The molecule has 3 aliphatic heterocycles. The molecule has 0 N–H and O–H groups in total. The zero-order chi connectivity index (χ0) is 62.6. The van der Waals surface area contributed by atoms with Crippen LogP contribution in [-0.2, 0) is 44.4 Å². The van der Waals surface area contributed by atoms with Gasteiger partial charge in [0.15, 0.2) is 34.5 Å². The molecule has 18 heteroatoms. The Morgan fingerprint density at radius 1 is 0.538 bits per heavy atom. The summed E-state index contributed by atoms with van der Waals surface area (Å²) in [5, 5.41) is 4.19. The second kappa shape index (κ2) is 28.7. The molecule has 15 rings (SSSR count). The molecule has 2 spiro atoms. The van der Waals surface area contributed by atoms with Crippen LogP contribution in [0.15, 0.2) is 109 Å². The van der Waals surface area contributed by atoms with Gasteiger partial charge in [-0.15, -0.1) is 4.21 Å². The number of esters is 2. The van der Waals surface area contributed by atoms with Crippen LogP contribution in [0.1, 0.15) is 144 Å². The van der Waals surface area contributed by atoms with Crippen LogP contribution in [0.2, 0.25) is 5.02 Å². The summed E-state index contributed by atoms with van der Waals surface area (Å²) in [4.78, 5) is 50.3. The van der Waals surface area contributed by atoms with Gasteiger partial charge < -0.3 is 61.9 Å². The number of nitrogens with zero attached hydrogens (tertiary/aromatic N) is 3. The van der Waals surface area contributed by atoms with Crippen molar-refractivity contribution in [2.45, 2.75) is 128 Å². The van der Waals surface area contributed by atoms with Gasteiger partial charge in [-0.1, -0.05) is 29.3 Å². The van der Waals surface area contributed by atoms with Gasteiger partial charge in [0.05, 0.1) is 45.6 Å². The van der Waals surface area contributed by atoms with E-state index in [0.29, 0.717) is 87.8 Å². The second-order valence-electron chi connectivity index (χ2n) is 26.1. The Bertz CT molecular complexity index is 3860. The van der Waals surface area contributed by atoms with Crippen LogP contribution < -0.4 is 52.4 Å². The van der Waals surface area contributed by atoms with Crippen LogP contribution in [0.25, 0.3) is 32.7 Å². The van der Waals surface area contributed by atoms with Gasteiger partial charge in [0, 0.05) is 76.4 Å². The third kappa shape index (κ3) is 15.6. The molecule has 8 aliphatic rings. The molecule has 7 aromatic rings. The zero-order valence-corrected chi connectivity index (χ0v) is 56.6. The number of fused-ring (bicyclic) bond motifs is 6. The predicted octanol–water partition coefficient (Wildman–Crippen LogP) is 11.9. The molecule has 5 aliphatic carbocycles. The fourth-order valence-electron chi connectivity index (χ4n) is 14.7. The van der Waals surface area contributed by atoms with E-state index in [2.05, 4.69) is 51.4 Å². The smallest absolute Gasteiger partial charge is 0.330 e. The maximum absolute atomic E-state index is 12.9. The molecule has 2 unspecified atom stereocenters. The summed E-state index contributed by atoms with van der Waals surface area (Å²) in [7, 11) is -1.42. The Balaban J connectivity index is 0.000000135. The molecule has 0 saturated heterocycles. The van der Waals surface area contributed by atoms with Crippen molar-refractivity contribution < 1.29 is 80.5 Å². The molecular formula is C73H83ClIN3O12S. The highest BCUT2D eigenvalue weighted by Crippen LogP contribution is 2.65. The molecule has 91 heavy (non-hydrogen) atoms. The van der Waals surface area contributed by atoms with Crippen LogP contribution in [0, 0.1) is 22.7 Å². The quantitative estimate of drug-likeness (QED) is 0.0545. The zero-order valence-electron chi connectivity index (χ0n) is 52.9. The van der Waals surface area contributed by atoms with Gasteiger partial charge in [-0.3, -0.25) is 24.5 Å². The number of rotatable bonds is 10. The lowest BCUT2D eigenvalue weighted by Gasteiger charge is -2.30. The number of ketones is 1. The van der Waals surface area contributed by atoms with Crippen molar-refractivity contribution in [3.63, 3.8) is 0 Å². The Labute approximate surface area is 556 Å². The number of carbonyl (C=O) groups is 3. The summed E-state index contributed by atoms with van der Waals surface area (Å²) in [6, 6.07) is 26.3. The minimum Gasteiger partial charge on any atom is -1.00 e. The Morgan fingerprint density at radius 3 is 1.30 bits per heavy atom. The highest BCUT2D eigenvalue weighted by Gasteiger charge is 2.60. The first-order valence-electron chi connectivity index (χ1n) is 32.3. The normalized spacial score (nSPS) is 24.0. The largest absolute Gasteiger partial charge is 1.00 e. The number of halogens is 2. The van der Waals surface area contributed by atoms with Crippen LogP contribution in [0.4, 0.5) is 0 Å². The fraction of sp³-hybridized carbons (Fsp3) is 0.479. The van der Waals surface area contributed by atoms with E-state index in [4.69, 9.17) is 49.5 Å². The molecule has 6 heterocycles. The van der Waals surface area contributed by atoms with E-state index in [1.807, 2.05) is 74.9 Å². The molecule has 2 atom stereocenters. The van der Waals surface area contributed by atoms with Crippen LogP contribution in [0.5, 0.6) is 34.5 Å². The van der Waals surface area contributed by atoms with E-state index in [0.717, 1.165) is 152 Å². The van der Waals surface area contributed by atoms with E-state index in [-0.39, 0.29) is 58.6 Å². The Hall–Kier alpha value is -6.57. The molecule has 0 amide bonds. The topological polar surface area (TPSA) is 181 Å². The first kappa shape index (κ1) is 65.9. The number of pyridine rings is 3. The van der Waals surface area contributed by atoms with Gasteiger partial charge in [-0.25, -0.2) is 4.79 Å². The van der Waals surface area contributed by atoms with Crippen molar-refractivity contribution in [2.75, 3.05) is 71.6 Å². The standard InChI is InChI=1S/C27H26ClNO3.C22H25NO4.C21H23NO4.C3H9OS.HI/c28-19-3-1-17(2-4-19)13-24(30)22-16-27(22)8-5-18(6-9-27)20-7-10-29-23-15-26-25(14-21(20)23)31-11-12-32-26;1-2-25-21(24)17-13-22(17)6-3-14(4-7-22)15-5-8-23-18-12-20-19(11-16(15)18)26-9-10-27-20;1-2-24-21(23)11-14-3-5-15(6-4-14)16-7-8-22-18-13-20-19(12-17(16)18)25-9-10-26-20;1-5(2,3)4;/h1-4,7,10,14-15,18,22H,5-6,8-9,11-13,16H2;5,8,11-12,14,17H,2-4,6-7,9-10,13H2,1H3;7-8,11-13,15H,2-6,9-10H2,1H3;1-3H3;1H/q;;;+1;/p-1. The lowest BCUT2D eigenvalue weighted by Crippen LogP contribution is -3.00. The minimum absolute atomic E-state index is 0. The van der Waals surface area contributed by atoms with Crippen molar-refractivity contribution in [3.8, 4) is 34.5 Å². The van der Waals surface area contributed by atoms with Gasteiger partial charge >= 0.3 is 11.9 Å². The van der Waals surface area contributed by atoms with Crippen molar-refractivity contribution in [3.05, 3.63) is 136 Å². The number of carbonyl (C=O) groups excluding carboxylic acids is 3. The van der Waals surface area contributed by atoms with Gasteiger partial charge in [0.2, 0.25) is 0 Å². The monoisotopic (exact) mass is 1390 g/mol. The first-order chi connectivity index (χ1) is 43.6. The maximum Gasteiger partial charge on any atom is 0.330 e. The number of benzene rings is 4. The number of Topliss-reactive ketones (excluding diaryl/α,β-unsaturated/α-hetero) is 1. The van der Waals surface area contributed by atoms with Crippen molar-refractivity contribution in [2.24, 2.45) is 22.7 Å². The Kier molecular flexibility index (Phi) is 20.8. The lowest BCUT2D eigenvalue weighted by molar-refractivity contribution is -0.146. The molecule has 4 aromatic carbocycles. The van der Waals surface area contributed by atoms with Gasteiger partial charge in [0.1, 0.15) is 64.2 Å². The van der Waals surface area contributed by atoms with Gasteiger partial charge in [0.25, 0.3) is 0 Å². The third-order valence-electron chi connectivity index (χ3n) is 19.5. The summed E-state index contributed by atoms with van der Waals surface area (Å²) >= 11 is 5.97. The minimum atomic E-state index is -1.42. The fourth-order valence-corrected chi connectivity index (χ4v) is 14.9. The van der Waals surface area contributed by atoms with Gasteiger partial charge in [-0.05, 0) is 203 Å².